The molecule has 0 aliphatic heterocycles. The van der Waals surface area contributed by atoms with E-state index in [-0.39, 0.29) is 5.91 Å². The highest BCUT2D eigenvalue weighted by atomic mass is 32.1. The van der Waals surface area contributed by atoms with Gasteiger partial charge in [0.2, 0.25) is 5.91 Å². The van der Waals surface area contributed by atoms with Gasteiger partial charge in [-0.2, -0.15) is 5.10 Å². The summed E-state index contributed by atoms with van der Waals surface area (Å²) in [6.45, 7) is 9.28. The molecule has 20 heavy (non-hydrogen) atoms. The van der Waals surface area contributed by atoms with Crippen LogP contribution in [0.25, 0.3) is 0 Å². The second kappa shape index (κ2) is 6.17. The van der Waals surface area contributed by atoms with E-state index in [1.807, 2.05) is 38.6 Å². The molecule has 108 valence electrons. The second-order valence-corrected chi connectivity index (χ2v) is 6.08. The van der Waals surface area contributed by atoms with E-state index in [1.54, 1.807) is 11.3 Å². The molecule has 5 nitrogen and oxygen atoms in total. The number of carbonyl (C=O) groups is 1. The molecule has 0 aromatic carbocycles. The highest BCUT2D eigenvalue weighted by molar-refractivity contribution is 7.11. The molecular weight excluding hydrogens is 272 g/mol. The van der Waals surface area contributed by atoms with E-state index in [2.05, 4.69) is 15.4 Å². The van der Waals surface area contributed by atoms with Crippen LogP contribution in [0.5, 0.6) is 0 Å². The van der Waals surface area contributed by atoms with E-state index < -0.39 is 0 Å². The van der Waals surface area contributed by atoms with Crippen LogP contribution in [0.1, 0.15) is 33.8 Å². The van der Waals surface area contributed by atoms with Gasteiger partial charge in [-0.15, -0.1) is 11.3 Å². The quantitative estimate of drug-likeness (QED) is 0.918. The molecular formula is C14H20N4OS. The minimum absolute atomic E-state index is 0.0281. The molecule has 2 aromatic rings. The fourth-order valence-electron chi connectivity index (χ4n) is 2.03. The summed E-state index contributed by atoms with van der Waals surface area (Å²) >= 11 is 1.59. The van der Waals surface area contributed by atoms with Gasteiger partial charge in [0.05, 0.1) is 22.8 Å². The van der Waals surface area contributed by atoms with Gasteiger partial charge in [-0.25, -0.2) is 4.98 Å². The maximum atomic E-state index is 12.0. The van der Waals surface area contributed by atoms with Crippen LogP contribution in [-0.2, 0) is 24.3 Å². The van der Waals surface area contributed by atoms with Gasteiger partial charge < -0.3 is 5.32 Å². The highest BCUT2D eigenvalue weighted by Crippen LogP contribution is 2.17. The first-order chi connectivity index (χ1) is 9.49. The zero-order valence-corrected chi connectivity index (χ0v) is 13.2. The largest absolute Gasteiger partial charge is 0.352 e. The molecule has 0 bridgehead atoms. The summed E-state index contributed by atoms with van der Waals surface area (Å²) in [6.07, 6.45) is 2.38. The Balaban J connectivity index is 1.92. The van der Waals surface area contributed by atoms with Gasteiger partial charge >= 0.3 is 0 Å². The number of hydrogen-bond donors (Lipinski definition) is 1. The highest BCUT2D eigenvalue weighted by Gasteiger charge is 2.11. The van der Waals surface area contributed by atoms with Crippen molar-refractivity contribution in [1.29, 1.82) is 0 Å². The van der Waals surface area contributed by atoms with Crippen molar-refractivity contribution in [3.8, 4) is 0 Å². The summed E-state index contributed by atoms with van der Waals surface area (Å²) in [5.41, 5.74) is 2.99. The van der Waals surface area contributed by atoms with Crippen LogP contribution in [0.3, 0.4) is 0 Å². The molecule has 2 heterocycles. The molecule has 0 aliphatic rings. The van der Waals surface area contributed by atoms with Crippen LogP contribution in [0.2, 0.25) is 0 Å². The van der Waals surface area contributed by atoms with E-state index in [9.17, 15) is 4.79 Å². The van der Waals surface area contributed by atoms with Crippen LogP contribution in [-0.4, -0.2) is 20.7 Å². The van der Waals surface area contributed by atoms with Crippen molar-refractivity contribution in [2.24, 2.45) is 0 Å². The van der Waals surface area contributed by atoms with Crippen LogP contribution in [0.15, 0.2) is 6.20 Å². The SMILES string of the molecule is CCn1cc(CNC(=O)Cc2sc(C)nc2C)c(C)n1. The number of hydrogen-bond acceptors (Lipinski definition) is 4. The van der Waals surface area contributed by atoms with E-state index in [0.717, 1.165) is 33.4 Å². The van der Waals surface area contributed by atoms with Crippen molar-refractivity contribution in [3.63, 3.8) is 0 Å². The van der Waals surface area contributed by atoms with E-state index in [0.29, 0.717) is 13.0 Å². The van der Waals surface area contributed by atoms with Gasteiger partial charge in [-0.1, -0.05) is 0 Å². The van der Waals surface area contributed by atoms with Gasteiger partial charge in [0.1, 0.15) is 0 Å². The average Bonchev–Trinajstić information content (AvgIpc) is 2.90. The first-order valence-corrected chi connectivity index (χ1v) is 7.53. The molecule has 1 amide bonds. The Kier molecular flexibility index (Phi) is 4.54. The Morgan fingerprint density at radius 1 is 1.35 bits per heavy atom. The summed E-state index contributed by atoms with van der Waals surface area (Å²) in [5, 5.41) is 8.32. The zero-order chi connectivity index (χ0) is 14.7. The molecule has 0 atom stereocenters. The lowest BCUT2D eigenvalue weighted by Gasteiger charge is -2.03. The Morgan fingerprint density at radius 3 is 2.65 bits per heavy atom. The minimum Gasteiger partial charge on any atom is -0.352 e. The number of aromatic nitrogens is 3. The number of nitrogens with zero attached hydrogens (tertiary/aromatic N) is 3. The summed E-state index contributed by atoms with van der Waals surface area (Å²) in [4.78, 5) is 17.4. The summed E-state index contributed by atoms with van der Waals surface area (Å²) in [6, 6.07) is 0. The lowest BCUT2D eigenvalue weighted by Crippen LogP contribution is -2.24. The minimum atomic E-state index is 0.0281. The fraction of sp³-hybridized carbons (Fsp3) is 0.500. The zero-order valence-electron chi connectivity index (χ0n) is 12.4. The normalized spacial score (nSPS) is 10.8. The third-order valence-corrected chi connectivity index (χ3v) is 4.24. The molecule has 0 unspecified atom stereocenters. The molecule has 0 saturated heterocycles. The number of rotatable bonds is 5. The Bertz CT molecular complexity index is 615. The van der Waals surface area contributed by atoms with Crippen LogP contribution in [0.4, 0.5) is 0 Å². The van der Waals surface area contributed by atoms with Crippen molar-refractivity contribution >= 4 is 17.2 Å². The maximum Gasteiger partial charge on any atom is 0.225 e. The molecule has 6 heteroatoms. The standard InChI is InChI=1S/C14H20N4OS/c1-5-18-8-12(9(2)17-18)7-15-14(19)6-13-10(3)16-11(4)20-13/h8H,5-7H2,1-4H3,(H,15,19). The lowest BCUT2D eigenvalue weighted by molar-refractivity contribution is -0.120. The Morgan fingerprint density at radius 2 is 2.10 bits per heavy atom. The fourth-order valence-corrected chi connectivity index (χ4v) is 2.97. The molecule has 2 aromatic heterocycles. The Hall–Kier alpha value is -1.69. The van der Waals surface area contributed by atoms with Crippen LogP contribution >= 0.6 is 11.3 Å². The van der Waals surface area contributed by atoms with E-state index >= 15 is 0 Å². The van der Waals surface area contributed by atoms with Gasteiger partial charge in [0, 0.05) is 29.7 Å². The van der Waals surface area contributed by atoms with Crippen LogP contribution in [0, 0.1) is 20.8 Å². The van der Waals surface area contributed by atoms with Gasteiger partial charge in [0.25, 0.3) is 0 Å². The molecule has 0 aliphatic carbocycles. The number of aryl methyl sites for hydroxylation is 4. The molecule has 0 saturated carbocycles. The van der Waals surface area contributed by atoms with Crippen molar-refractivity contribution in [1.82, 2.24) is 20.1 Å². The molecule has 2 rings (SSSR count). The Labute approximate surface area is 123 Å². The third-order valence-electron chi connectivity index (χ3n) is 3.17. The van der Waals surface area contributed by atoms with E-state index in [4.69, 9.17) is 0 Å². The van der Waals surface area contributed by atoms with Crippen LogP contribution < -0.4 is 5.32 Å². The molecule has 1 N–H and O–H groups in total. The first kappa shape index (κ1) is 14.7. The lowest BCUT2D eigenvalue weighted by atomic mass is 10.2. The number of carbonyl (C=O) groups excluding carboxylic acids is 1. The van der Waals surface area contributed by atoms with Crippen molar-refractivity contribution in [3.05, 3.63) is 33.0 Å². The smallest absolute Gasteiger partial charge is 0.225 e. The summed E-state index contributed by atoms with van der Waals surface area (Å²) in [5.74, 6) is 0.0281. The van der Waals surface area contributed by atoms with Gasteiger partial charge in [-0.05, 0) is 27.7 Å². The third kappa shape index (κ3) is 3.45. The number of thiazole rings is 1. The molecule has 0 spiro atoms. The van der Waals surface area contributed by atoms with Gasteiger partial charge in [0.15, 0.2) is 0 Å². The molecule has 0 fully saturated rings. The monoisotopic (exact) mass is 292 g/mol. The summed E-state index contributed by atoms with van der Waals surface area (Å²) in [7, 11) is 0. The van der Waals surface area contributed by atoms with Crippen molar-refractivity contribution < 1.29 is 4.79 Å². The first-order valence-electron chi connectivity index (χ1n) is 6.72. The maximum absolute atomic E-state index is 12.0. The van der Waals surface area contributed by atoms with Crippen molar-refractivity contribution in [2.45, 2.75) is 47.2 Å². The molecule has 0 radical (unpaired) electrons. The topological polar surface area (TPSA) is 59.8 Å². The predicted molar refractivity (Wildman–Crippen MR) is 79.8 cm³/mol. The van der Waals surface area contributed by atoms with E-state index in [1.165, 1.54) is 0 Å². The summed E-state index contributed by atoms with van der Waals surface area (Å²) < 4.78 is 1.88. The number of nitrogens with one attached hydrogen (secondary N) is 1. The predicted octanol–water partition coefficient (Wildman–Crippen LogP) is 2.14. The second-order valence-electron chi connectivity index (χ2n) is 4.79. The number of amides is 1. The van der Waals surface area contributed by atoms with Gasteiger partial charge in [-0.3, -0.25) is 9.48 Å². The average molecular weight is 292 g/mol. The van der Waals surface area contributed by atoms with Crippen molar-refractivity contribution in [2.75, 3.05) is 0 Å².